The van der Waals surface area contributed by atoms with E-state index >= 15 is 0 Å². The van der Waals surface area contributed by atoms with E-state index in [2.05, 4.69) is 37.2 Å². The van der Waals surface area contributed by atoms with Gasteiger partial charge in [0.05, 0.1) is 13.0 Å². The second kappa shape index (κ2) is 27.4. The molecule has 25 heteroatoms. The average molecular weight is 990 g/mol. The molecule has 7 unspecified atom stereocenters. The first-order chi connectivity index (χ1) is 32.1. The van der Waals surface area contributed by atoms with Gasteiger partial charge >= 0.3 is 0 Å². The van der Waals surface area contributed by atoms with Gasteiger partial charge < -0.3 is 64.4 Å². The fourth-order valence-corrected chi connectivity index (χ4v) is 9.13. The lowest BCUT2D eigenvalue weighted by atomic mass is 9.96. The van der Waals surface area contributed by atoms with E-state index in [0.717, 1.165) is 26.5 Å². The van der Waals surface area contributed by atoms with Crippen molar-refractivity contribution in [3.05, 3.63) is 41.6 Å². The molecule has 1 aromatic carbocycles. The number of rotatable bonds is 17. The van der Waals surface area contributed by atoms with Crippen molar-refractivity contribution in [3.63, 3.8) is 0 Å². The van der Waals surface area contributed by atoms with E-state index in [4.69, 9.17) is 17.2 Å². The van der Waals surface area contributed by atoms with Gasteiger partial charge in [-0.2, -0.15) is 0 Å². The number of benzene rings is 1. The average Bonchev–Trinajstić information content (AvgIpc) is 3.77. The van der Waals surface area contributed by atoms with Crippen LogP contribution < -0.4 is 54.4 Å². The van der Waals surface area contributed by atoms with Crippen molar-refractivity contribution < 1.29 is 57.8 Å². The molecule has 0 bridgehead atoms. The topological polar surface area (TPSA) is 374 Å². The Hall–Kier alpha value is -6.37. The van der Waals surface area contributed by atoms with Gasteiger partial charge in [0.2, 0.25) is 53.2 Å². The van der Waals surface area contributed by atoms with Gasteiger partial charge in [-0.15, -0.1) is 0 Å². The first kappa shape index (κ1) is 56.0. The van der Waals surface area contributed by atoms with Crippen LogP contribution in [0.25, 0.3) is 0 Å². The Morgan fingerprint density at radius 1 is 0.809 bits per heavy atom. The zero-order valence-corrected chi connectivity index (χ0v) is 40.1. The van der Waals surface area contributed by atoms with E-state index in [1.807, 2.05) is 13.8 Å². The summed E-state index contributed by atoms with van der Waals surface area (Å²) in [6.07, 6.45) is 0.416. The summed E-state index contributed by atoms with van der Waals surface area (Å²) in [7, 11) is 2.21. The summed E-state index contributed by atoms with van der Waals surface area (Å²) in [5.74, 6) is -9.96. The van der Waals surface area contributed by atoms with Gasteiger partial charge in [-0.05, 0) is 48.8 Å². The van der Waals surface area contributed by atoms with Gasteiger partial charge in [-0.3, -0.25) is 52.7 Å². The van der Waals surface area contributed by atoms with E-state index in [0.29, 0.717) is 12.0 Å². The minimum Gasteiger partial charge on any atom is -0.508 e. The first-order valence-corrected chi connectivity index (χ1v) is 24.6. The molecule has 68 heavy (non-hydrogen) atoms. The number of carbonyl (C=O) groups excluding carboxylic acids is 11. The highest BCUT2D eigenvalue weighted by atomic mass is 33.1. The standard InChI is InChI=1S/C43H63N11O12S2/c1-5-23(4)36-42(65)49-26(12-13-32(44)56)38(61)50-29(19-33(45)57)39(62)52-30(21-68-67-16-14-35(59)48-28(40(63)53-36)18-24-8-10-25(55)11-9-24)43(66)54-15-6-7-31(54)41(64)51-27(17-22(2)3)37(60)47-20-34(46)58/h7-11,22-23,26-30,36,55H,5-6,12-21H2,1-4H3,(H2,44,56)(H2,45,57)(H2,46,58)(H,47,60)(H,48,59)(H,49,65)(H,50,61)(H,51,64)(H,52,62)(H,53,63). The normalized spacial score (nSPS) is 22.2. The molecule has 2 aliphatic rings. The van der Waals surface area contributed by atoms with Crippen molar-refractivity contribution in [2.24, 2.45) is 29.0 Å². The molecule has 1 saturated heterocycles. The summed E-state index contributed by atoms with van der Waals surface area (Å²) in [6, 6.07) is -2.47. The Morgan fingerprint density at radius 2 is 1.46 bits per heavy atom. The van der Waals surface area contributed by atoms with E-state index in [1.165, 1.54) is 18.2 Å². The third-order valence-electron chi connectivity index (χ3n) is 10.8. The van der Waals surface area contributed by atoms with E-state index in [9.17, 15) is 57.8 Å². The summed E-state index contributed by atoms with van der Waals surface area (Å²) in [5.41, 5.74) is 16.5. The van der Waals surface area contributed by atoms with Crippen LogP contribution in [0.15, 0.2) is 36.0 Å². The quantitative estimate of drug-likeness (QED) is 0.0725. The molecule has 374 valence electrons. The van der Waals surface area contributed by atoms with Crippen molar-refractivity contribution in [2.75, 3.05) is 24.6 Å². The van der Waals surface area contributed by atoms with Crippen molar-refractivity contribution in [1.82, 2.24) is 42.1 Å². The van der Waals surface area contributed by atoms with Crippen LogP contribution in [-0.4, -0.2) is 136 Å². The van der Waals surface area contributed by atoms with Gasteiger partial charge in [0.1, 0.15) is 47.7 Å². The lowest BCUT2D eigenvalue weighted by Crippen LogP contribution is -2.61. The Bertz CT molecular complexity index is 2070. The highest BCUT2D eigenvalue weighted by Crippen LogP contribution is 2.26. The zero-order chi connectivity index (χ0) is 50.7. The lowest BCUT2D eigenvalue weighted by Gasteiger charge is -2.30. The minimum absolute atomic E-state index is 0.0200. The summed E-state index contributed by atoms with van der Waals surface area (Å²) in [5, 5.41) is 27.7. The molecule has 1 aromatic rings. The third-order valence-corrected chi connectivity index (χ3v) is 13.2. The van der Waals surface area contributed by atoms with Gasteiger partial charge in [0.25, 0.3) is 11.8 Å². The molecule has 1 fully saturated rings. The van der Waals surface area contributed by atoms with Gasteiger partial charge in [0.15, 0.2) is 0 Å². The fourth-order valence-electron chi connectivity index (χ4n) is 6.98. The first-order valence-electron chi connectivity index (χ1n) is 22.1. The van der Waals surface area contributed by atoms with Crippen LogP contribution in [0.1, 0.15) is 78.2 Å². The van der Waals surface area contributed by atoms with Crippen molar-refractivity contribution in [3.8, 4) is 5.75 Å². The predicted molar refractivity (Wildman–Crippen MR) is 251 cm³/mol. The number of carbonyl (C=O) groups is 11. The summed E-state index contributed by atoms with van der Waals surface area (Å²) in [6.45, 7) is 6.54. The molecule has 11 amide bonds. The van der Waals surface area contributed by atoms with Crippen LogP contribution in [0, 0.1) is 11.8 Å². The molecule has 0 aliphatic carbocycles. The second-order valence-corrected chi connectivity index (χ2v) is 19.4. The summed E-state index contributed by atoms with van der Waals surface area (Å²) < 4.78 is 0. The minimum atomic E-state index is -1.74. The number of phenols is 1. The Labute approximate surface area is 401 Å². The van der Waals surface area contributed by atoms with Gasteiger partial charge in [-0.1, -0.05) is 73.9 Å². The number of phenolic OH excluding ortho intramolecular Hbond substituents is 1. The number of primary amides is 3. The Kier molecular flexibility index (Phi) is 22.6. The van der Waals surface area contributed by atoms with Crippen LogP contribution in [0.5, 0.6) is 5.75 Å². The van der Waals surface area contributed by atoms with E-state index < -0.39 is 127 Å². The third kappa shape index (κ3) is 18.4. The molecule has 7 atom stereocenters. The smallest absolute Gasteiger partial charge is 0.268 e. The maximum Gasteiger partial charge on any atom is 0.268 e. The molecule has 3 rings (SSSR count). The van der Waals surface area contributed by atoms with E-state index in [-0.39, 0.29) is 67.5 Å². The molecule has 0 saturated carbocycles. The van der Waals surface area contributed by atoms with Crippen molar-refractivity contribution >= 4 is 86.6 Å². The maximum absolute atomic E-state index is 14.4. The lowest BCUT2D eigenvalue weighted by molar-refractivity contribution is -0.138. The maximum atomic E-state index is 14.4. The number of nitrogens with two attached hydrogens (primary N) is 3. The Balaban J connectivity index is 2.02. The van der Waals surface area contributed by atoms with Gasteiger partial charge in [0, 0.05) is 37.3 Å². The second-order valence-electron chi connectivity index (χ2n) is 16.8. The molecule has 0 aromatic heterocycles. The molecule has 2 heterocycles. The number of hydrogen-bond acceptors (Lipinski definition) is 14. The van der Waals surface area contributed by atoms with Crippen molar-refractivity contribution in [1.29, 1.82) is 0 Å². The molecule has 2 aliphatic heterocycles. The highest BCUT2D eigenvalue weighted by Gasteiger charge is 2.38. The van der Waals surface area contributed by atoms with Gasteiger partial charge in [-0.25, -0.2) is 0 Å². The molecular weight excluding hydrogens is 927 g/mol. The summed E-state index contributed by atoms with van der Waals surface area (Å²) in [4.78, 5) is 147. The monoisotopic (exact) mass is 989 g/mol. The largest absolute Gasteiger partial charge is 0.508 e. The number of nitrogens with zero attached hydrogens (tertiary/aromatic N) is 1. The Morgan fingerprint density at radius 3 is 2.07 bits per heavy atom. The van der Waals surface area contributed by atoms with Crippen LogP contribution in [0.3, 0.4) is 0 Å². The van der Waals surface area contributed by atoms with Crippen LogP contribution in [0.2, 0.25) is 0 Å². The van der Waals surface area contributed by atoms with Crippen molar-refractivity contribution in [2.45, 2.75) is 115 Å². The number of amides is 11. The molecular formula is C43H63N11O12S2. The molecule has 23 nitrogen and oxygen atoms in total. The van der Waals surface area contributed by atoms with Crippen LogP contribution >= 0.6 is 21.6 Å². The molecule has 0 spiro atoms. The number of aromatic hydroxyl groups is 1. The molecule has 14 N–H and O–H groups in total. The number of nitrogens with one attached hydrogen (secondary N) is 7. The number of hydrogen-bond donors (Lipinski definition) is 11. The van der Waals surface area contributed by atoms with Crippen LogP contribution in [0.4, 0.5) is 0 Å². The predicted octanol–water partition coefficient (Wildman–Crippen LogP) is -2.42. The van der Waals surface area contributed by atoms with E-state index in [1.54, 1.807) is 26.0 Å². The summed E-state index contributed by atoms with van der Waals surface area (Å²) >= 11 is 0. The zero-order valence-electron chi connectivity index (χ0n) is 38.4. The van der Waals surface area contributed by atoms with Crippen LogP contribution in [-0.2, 0) is 59.2 Å². The molecule has 0 radical (unpaired) electrons. The highest BCUT2D eigenvalue weighted by molar-refractivity contribution is 8.76. The SMILES string of the molecule is CCC(C)C1NC(=O)C(Cc2ccc(O)cc2)NC(=O)CCSSCC(C(=O)N2CCC=C2C(=O)NC(CC(C)C)C(=O)NCC(N)=O)NC(=O)C(CC(N)=O)NC(=O)C(CCC(N)=O)NC1=O. The fraction of sp³-hybridized carbons (Fsp3) is 0.558.